The molecule has 1 aromatic carbocycles. The van der Waals surface area contributed by atoms with E-state index in [1.807, 2.05) is 0 Å². The first kappa shape index (κ1) is 8.07. The van der Waals surface area contributed by atoms with Gasteiger partial charge in [0.15, 0.2) is 0 Å². The van der Waals surface area contributed by atoms with E-state index in [-0.39, 0.29) is 17.9 Å². The molecule has 0 radical (unpaired) electrons. The number of fused-ring (bicyclic) bond motifs is 1. The maximum atomic E-state index is 10.8. The van der Waals surface area contributed by atoms with Crippen molar-refractivity contribution in [1.82, 2.24) is 0 Å². The van der Waals surface area contributed by atoms with Crippen molar-refractivity contribution in [3.8, 4) is 5.75 Å². The van der Waals surface area contributed by atoms with Crippen molar-refractivity contribution in [2.45, 2.75) is 13.2 Å². The number of carbonyl (C=O) groups is 1. The number of ether oxygens (including phenoxy) is 1. The van der Waals surface area contributed by atoms with Gasteiger partial charge < -0.3 is 14.9 Å². The molecule has 4 heteroatoms. The first-order valence-electron chi connectivity index (χ1n) is 3.85. The predicted octanol–water partition coefficient (Wildman–Crippen LogP) is 1.12. The van der Waals surface area contributed by atoms with Gasteiger partial charge in [-0.05, 0) is 11.6 Å². The number of carboxylic acid groups (broad SMARTS) is 1. The van der Waals surface area contributed by atoms with Crippen LogP contribution in [0.3, 0.4) is 0 Å². The van der Waals surface area contributed by atoms with Crippen LogP contribution < -0.4 is 0 Å². The molecule has 0 aliphatic carbocycles. The SMILES string of the molecule is O=C(O)c1c(O)ccc2c1COC2. The van der Waals surface area contributed by atoms with Crippen LogP contribution in [0.4, 0.5) is 0 Å². The zero-order valence-electron chi connectivity index (χ0n) is 6.78. The molecule has 0 saturated carbocycles. The lowest BCUT2D eigenvalue weighted by atomic mass is 10.0. The van der Waals surface area contributed by atoms with E-state index in [1.54, 1.807) is 6.07 Å². The van der Waals surface area contributed by atoms with Gasteiger partial charge in [0.2, 0.25) is 0 Å². The molecule has 2 N–H and O–H groups in total. The molecule has 4 nitrogen and oxygen atoms in total. The molecule has 13 heavy (non-hydrogen) atoms. The van der Waals surface area contributed by atoms with Crippen molar-refractivity contribution in [3.63, 3.8) is 0 Å². The third-order valence-corrected chi connectivity index (χ3v) is 2.11. The average Bonchev–Trinajstić information content (AvgIpc) is 2.50. The molecular weight excluding hydrogens is 172 g/mol. The molecule has 0 bridgehead atoms. The molecule has 1 aromatic rings. The summed E-state index contributed by atoms with van der Waals surface area (Å²) in [5.41, 5.74) is 1.40. The standard InChI is InChI=1S/C9H8O4/c10-7-2-1-5-3-13-4-6(5)8(7)9(11)12/h1-2,10H,3-4H2,(H,11,12). The van der Waals surface area contributed by atoms with Crippen LogP contribution in [-0.2, 0) is 18.0 Å². The largest absolute Gasteiger partial charge is 0.507 e. The zero-order valence-corrected chi connectivity index (χ0v) is 6.78. The molecule has 0 atom stereocenters. The van der Waals surface area contributed by atoms with Crippen molar-refractivity contribution in [1.29, 1.82) is 0 Å². The highest BCUT2D eigenvalue weighted by Gasteiger charge is 2.22. The van der Waals surface area contributed by atoms with Crippen LogP contribution >= 0.6 is 0 Å². The maximum Gasteiger partial charge on any atom is 0.339 e. The van der Waals surface area contributed by atoms with Crippen molar-refractivity contribution in [2.24, 2.45) is 0 Å². The number of hydrogen-bond acceptors (Lipinski definition) is 3. The first-order chi connectivity index (χ1) is 6.20. The molecule has 0 amide bonds. The van der Waals surface area contributed by atoms with E-state index in [2.05, 4.69) is 0 Å². The summed E-state index contributed by atoms with van der Waals surface area (Å²) in [6.45, 7) is 0.696. The van der Waals surface area contributed by atoms with E-state index in [0.29, 0.717) is 12.2 Å². The van der Waals surface area contributed by atoms with Gasteiger partial charge in [0.05, 0.1) is 13.2 Å². The number of rotatable bonds is 1. The summed E-state index contributed by atoms with van der Waals surface area (Å²) >= 11 is 0. The van der Waals surface area contributed by atoms with Gasteiger partial charge in [0.1, 0.15) is 11.3 Å². The number of benzene rings is 1. The first-order valence-corrected chi connectivity index (χ1v) is 3.85. The summed E-state index contributed by atoms with van der Waals surface area (Å²) in [5, 5.41) is 18.1. The van der Waals surface area contributed by atoms with Gasteiger partial charge in [0, 0.05) is 5.56 Å². The van der Waals surface area contributed by atoms with Crippen LogP contribution in [0.1, 0.15) is 21.5 Å². The molecule has 0 fully saturated rings. The number of hydrogen-bond donors (Lipinski definition) is 2. The maximum absolute atomic E-state index is 10.8. The van der Waals surface area contributed by atoms with Crippen molar-refractivity contribution in [3.05, 3.63) is 28.8 Å². The van der Waals surface area contributed by atoms with Gasteiger partial charge in [-0.15, -0.1) is 0 Å². The van der Waals surface area contributed by atoms with Crippen LogP contribution in [0, 0.1) is 0 Å². The molecule has 1 heterocycles. The Kier molecular flexibility index (Phi) is 1.70. The highest BCUT2D eigenvalue weighted by atomic mass is 16.5. The summed E-state index contributed by atoms with van der Waals surface area (Å²) in [6, 6.07) is 3.07. The van der Waals surface area contributed by atoms with Crippen molar-refractivity contribution < 1.29 is 19.7 Å². The fourth-order valence-electron chi connectivity index (χ4n) is 1.48. The monoisotopic (exact) mass is 180 g/mol. The third kappa shape index (κ3) is 1.15. The van der Waals surface area contributed by atoms with Crippen molar-refractivity contribution in [2.75, 3.05) is 0 Å². The zero-order chi connectivity index (χ0) is 9.42. The van der Waals surface area contributed by atoms with Crippen LogP contribution in [0.25, 0.3) is 0 Å². The molecule has 1 aliphatic rings. The Bertz CT molecular complexity index is 370. The number of phenols is 1. The van der Waals surface area contributed by atoms with Crippen molar-refractivity contribution >= 4 is 5.97 Å². The highest BCUT2D eigenvalue weighted by molar-refractivity contribution is 5.93. The Labute approximate surface area is 74.4 Å². The van der Waals surface area contributed by atoms with Gasteiger partial charge >= 0.3 is 5.97 Å². The van der Waals surface area contributed by atoms with E-state index in [1.165, 1.54) is 6.07 Å². The topological polar surface area (TPSA) is 66.8 Å². The van der Waals surface area contributed by atoms with Gasteiger partial charge in [0.25, 0.3) is 0 Å². The lowest BCUT2D eigenvalue weighted by Crippen LogP contribution is -2.02. The van der Waals surface area contributed by atoms with Gasteiger partial charge in [-0.3, -0.25) is 0 Å². The number of carboxylic acids is 1. The van der Waals surface area contributed by atoms with Crippen LogP contribution in [0.2, 0.25) is 0 Å². The lowest BCUT2D eigenvalue weighted by Gasteiger charge is -2.04. The fourth-order valence-corrected chi connectivity index (χ4v) is 1.48. The van der Waals surface area contributed by atoms with Gasteiger partial charge in [-0.2, -0.15) is 0 Å². The molecule has 2 rings (SSSR count). The minimum atomic E-state index is -1.11. The second-order valence-corrected chi connectivity index (χ2v) is 2.90. The minimum Gasteiger partial charge on any atom is -0.507 e. The smallest absolute Gasteiger partial charge is 0.339 e. The Morgan fingerprint density at radius 1 is 1.38 bits per heavy atom. The number of aromatic carboxylic acids is 1. The molecule has 1 aliphatic heterocycles. The second kappa shape index (κ2) is 2.74. The Morgan fingerprint density at radius 3 is 2.85 bits per heavy atom. The Hall–Kier alpha value is -1.55. The van der Waals surface area contributed by atoms with E-state index >= 15 is 0 Å². The molecule has 0 aromatic heterocycles. The van der Waals surface area contributed by atoms with E-state index < -0.39 is 5.97 Å². The normalized spacial score (nSPS) is 14.2. The molecule has 0 spiro atoms. The van der Waals surface area contributed by atoms with Crippen LogP contribution in [-0.4, -0.2) is 16.2 Å². The molecule has 0 saturated heterocycles. The summed E-state index contributed by atoms with van der Waals surface area (Å²) in [5.74, 6) is -1.31. The highest BCUT2D eigenvalue weighted by Crippen LogP contribution is 2.29. The fraction of sp³-hybridized carbons (Fsp3) is 0.222. The second-order valence-electron chi connectivity index (χ2n) is 2.90. The summed E-state index contributed by atoms with van der Waals surface area (Å²) in [7, 11) is 0. The molecule has 68 valence electrons. The van der Waals surface area contributed by atoms with Gasteiger partial charge in [-0.25, -0.2) is 4.79 Å². The van der Waals surface area contributed by atoms with E-state index in [9.17, 15) is 9.90 Å². The van der Waals surface area contributed by atoms with E-state index in [0.717, 1.165) is 5.56 Å². The van der Waals surface area contributed by atoms with Crippen LogP contribution in [0.15, 0.2) is 12.1 Å². The summed E-state index contributed by atoms with van der Waals surface area (Å²) in [6.07, 6.45) is 0. The Morgan fingerprint density at radius 2 is 2.15 bits per heavy atom. The summed E-state index contributed by atoms with van der Waals surface area (Å²) in [4.78, 5) is 10.8. The Balaban J connectivity index is 2.65. The lowest BCUT2D eigenvalue weighted by molar-refractivity contribution is 0.0689. The average molecular weight is 180 g/mol. The van der Waals surface area contributed by atoms with Crippen LogP contribution in [0.5, 0.6) is 5.75 Å². The summed E-state index contributed by atoms with van der Waals surface area (Å²) < 4.78 is 5.09. The van der Waals surface area contributed by atoms with Gasteiger partial charge in [-0.1, -0.05) is 6.07 Å². The van der Waals surface area contributed by atoms with E-state index in [4.69, 9.17) is 9.84 Å². The predicted molar refractivity (Wildman–Crippen MR) is 43.6 cm³/mol. The molecule has 0 unspecified atom stereocenters. The number of aromatic hydroxyl groups is 1. The molecular formula is C9H8O4. The minimum absolute atomic E-state index is 0.0324. The quantitative estimate of drug-likeness (QED) is 0.679. The third-order valence-electron chi connectivity index (χ3n) is 2.11.